The molecule has 2 fully saturated rings. The number of likely N-dealkylation sites (tertiary alicyclic amines) is 1. The number of ether oxygens (including phenoxy) is 1. The van der Waals surface area contributed by atoms with Crippen molar-refractivity contribution in [1.29, 1.82) is 0 Å². The molecular weight excluding hydrogens is 444 g/mol. The number of carbonyl (C=O) groups excluding carboxylic acids is 2. The van der Waals surface area contributed by atoms with Crippen LogP contribution in [0.1, 0.15) is 50.2 Å². The third-order valence-electron chi connectivity index (χ3n) is 8.41. The number of alkyl carbamates (subject to hydrolysis) is 1. The van der Waals surface area contributed by atoms with Crippen LogP contribution in [-0.4, -0.2) is 53.7 Å². The van der Waals surface area contributed by atoms with E-state index in [2.05, 4.69) is 29.6 Å². The van der Waals surface area contributed by atoms with E-state index in [0.717, 1.165) is 41.5 Å². The second kappa shape index (κ2) is 9.02. The smallest absolute Gasteiger partial charge is 0.407 e. The van der Waals surface area contributed by atoms with Crippen LogP contribution in [0.25, 0.3) is 11.1 Å². The van der Waals surface area contributed by atoms with E-state index in [4.69, 9.17) is 4.74 Å². The molecule has 1 heterocycles. The topological polar surface area (TPSA) is 95.9 Å². The molecule has 3 aliphatic rings. The van der Waals surface area contributed by atoms with E-state index < -0.39 is 23.5 Å². The van der Waals surface area contributed by atoms with E-state index in [1.165, 1.54) is 0 Å². The van der Waals surface area contributed by atoms with Gasteiger partial charge in [0, 0.05) is 19.0 Å². The van der Waals surface area contributed by atoms with Gasteiger partial charge in [-0.2, -0.15) is 0 Å². The van der Waals surface area contributed by atoms with Gasteiger partial charge in [-0.05, 0) is 53.9 Å². The first kappa shape index (κ1) is 23.4. The van der Waals surface area contributed by atoms with Crippen LogP contribution in [-0.2, 0) is 14.3 Å². The third-order valence-corrected chi connectivity index (χ3v) is 8.41. The minimum atomic E-state index is -0.983. The lowest BCUT2D eigenvalue weighted by molar-refractivity contribution is -0.149. The summed E-state index contributed by atoms with van der Waals surface area (Å²) in [5.41, 5.74) is 3.59. The number of nitrogens with zero attached hydrogens (tertiary/aromatic N) is 1. The van der Waals surface area contributed by atoms with Gasteiger partial charge in [-0.15, -0.1) is 0 Å². The Morgan fingerprint density at radius 2 is 1.69 bits per heavy atom. The summed E-state index contributed by atoms with van der Waals surface area (Å²) in [6.07, 6.45) is 2.13. The molecule has 3 unspecified atom stereocenters. The lowest BCUT2D eigenvalue weighted by Crippen LogP contribution is -2.54. The first-order valence-corrected chi connectivity index (χ1v) is 12.4. The first-order valence-electron chi connectivity index (χ1n) is 12.4. The average Bonchev–Trinajstić information content (AvgIpc) is 3.30. The molecule has 184 valence electrons. The van der Waals surface area contributed by atoms with Crippen molar-refractivity contribution in [2.24, 2.45) is 17.3 Å². The summed E-state index contributed by atoms with van der Waals surface area (Å²) in [4.78, 5) is 39.7. The Labute approximate surface area is 205 Å². The normalized spacial score (nSPS) is 24.3. The molecule has 7 nitrogen and oxygen atoms in total. The van der Waals surface area contributed by atoms with Crippen molar-refractivity contribution in [3.05, 3.63) is 59.7 Å². The summed E-state index contributed by atoms with van der Waals surface area (Å²) in [6, 6.07) is 15.6. The van der Waals surface area contributed by atoms with Gasteiger partial charge in [0.2, 0.25) is 5.91 Å². The van der Waals surface area contributed by atoms with Gasteiger partial charge in [0.1, 0.15) is 12.6 Å². The molecule has 35 heavy (non-hydrogen) atoms. The number of rotatable bonds is 6. The summed E-state index contributed by atoms with van der Waals surface area (Å²) in [7, 11) is 0. The summed E-state index contributed by atoms with van der Waals surface area (Å²) in [5, 5.41) is 12.5. The fraction of sp³-hybridized carbons (Fsp3) is 0.464. The number of hydrogen-bond acceptors (Lipinski definition) is 4. The number of fused-ring (bicyclic) bond motifs is 3. The van der Waals surface area contributed by atoms with Crippen LogP contribution < -0.4 is 5.32 Å². The minimum absolute atomic E-state index is 0.0509. The average molecular weight is 477 g/mol. The van der Waals surface area contributed by atoms with Gasteiger partial charge < -0.3 is 20.1 Å². The SMILES string of the molecule is CC1CN(C(=O)C(NC(=O)OCC2c3ccccc3-c3ccccc32)C2CCC2)CC1(C)C(=O)O. The molecule has 0 aromatic heterocycles. The Kier molecular flexibility index (Phi) is 6.03. The monoisotopic (exact) mass is 476 g/mol. The molecule has 7 heteroatoms. The van der Waals surface area contributed by atoms with E-state index in [1.54, 1.807) is 11.8 Å². The summed E-state index contributed by atoms with van der Waals surface area (Å²) >= 11 is 0. The Morgan fingerprint density at radius 1 is 1.09 bits per heavy atom. The third kappa shape index (κ3) is 4.07. The maximum atomic E-state index is 13.4. The highest BCUT2D eigenvalue weighted by atomic mass is 16.5. The maximum absolute atomic E-state index is 13.4. The summed E-state index contributed by atoms with van der Waals surface area (Å²) < 4.78 is 5.69. The maximum Gasteiger partial charge on any atom is 0.407 e. The minimum Gasteiger partial charge on any atom is -0.481 e. The van der Waals surface area contributed by atoms with Gasteiger partial charge in [-0.3, -0.25) is 9.59 Å². The van der Waals surface area contributed by atoms with Crippen molar-refractivity contribution in [2.45, 2.75) is 45.1 Å². The quantitative estimate of drug-likeness (QED) is 0.649. The van der Waals surface area contributed by atoms with Crippen LogP contribution in [0.2, 0.25) is 0 Å². The molecule has 0 radical (unpaired) electrons. The molecule has 0 bridgehead atoms. The van der Waals surface area contributed by atoms with Gasteiger partial charge in [-0.1, -0.05) is 61.9 Å². The van der Waals surface area contributed by atoms with E-state index in [0.29, 0.717) is 6.54 Å². The highest BCUT2D eigenvalue weighted by Crippen LogP contribution is 2.44. The fourth-order valence-electron chi connectivity index (χ4n) is 5.71. The standard InChI is InChI=1S/C28H32N2O5/c1-17-14-30(16-28(17,2)26(32)33)25(31)24(18-8-7-9-18)29-27(34)35-15-23-21-12-5-3-10-19(21)20-11-4-6-13-22(20)23/h3-6,10-13,17-18,23-24H,7-9,14-16H2,1-2H3,(H,29,34)(H,32,33). The van der Waals surface area contributed by atoms with E-state index >= 15 is 0 Å². The molecule has 1 saturated carbocycles. The number of amides is 2. The summed E-state index contributed by atoms with van der Waals surface area (Å²) in [5.74, 6) is -1.28. The van der Waals surface area contributed by atoms with Crippen molar-refractivity contribution in [3.63, 3.8) is 0 Å². The molecule has 2 amide bonds. The van der Waals surface area contributed by atoms with Crippen molar-refractivity contribution in [2.75, 3.05) is 19.7 Å². The predicted molar refractivity (Wildman–Crippen MR) is 131 cm³/mol. The Morgan fingerprint density at radius 3 is 2.20 bits per heavy atom. The fourth-order valence-corrected chi connectivity index (χ4v) is 5.71. The number of carboxylic acid groups (broad SMARTS) is 1. The number of aliphatic carboxylic acids is 1. The number of carboxylic acids is 1. The van der Waals surface area contributed by atoms with Crippen LogP contribution in [0, 0.1) is 17.3 Å². The molecule has 2 aromatic rings. The number of carbonyl (C=O) groups is 3. The lowest BCUT2D eigenvalue weighted by Gasteiger charge is -2.35. The number of hydrogen-bond donors (Lipinski definition) is 2. The van der Waals surface area contributed by atoms with Gasteiger partial charge in [-0.25, -0.2) is 4.79 Å². The van der Waals surface area contributed by atoms with Gasteiger partial charge in [0.05, 0.1) is 5.41 Å². The highest BCUT2D eigenvalue weighted by molar-refractivity contribution is 5.88. The highest BCUT2D eigenvalue weighted by Gasteiger charge is 2.50. The van der Waals surface area contributed by atoms with E-state index in [1.807, 2.05) is 31.2 Å². The molecule has 1 saturated heterocycles. The molecule has 2 aromatic carbocycles. The molecule has 2 N–H and O–H groups in total. The largest absolute Gasteiger partial charge is 0.481 e. The molecule has 3 atom stereocenters. The lowest BCUT2D eigenvalue weighted by atomic mass is 9.79. The number of benzene rings is 2. The summed E-state index contributed by atoms with van der Waals surface area (Å²) in [6.45, 7) is 4.25. The van der Waals surface area contributed by atoms with Crippen molar-refractivity contribution >= 4 is 18.0 Å². The van der Waals surface area contributed by atoms with Crippen LogP contribution in [0.15, 0.2) is 48.5 Å². The Hall–Kier alpha value is -3.35. The van der Waals surface area contributed by atoms with E-state index in [-0.39, 0.29) is 36.8 Å². The van der Waals surface area contributed by atoms with Gasteiger partial charge >= 0.3 is 12.1 Å². The zero-order valence-electron chi connectivity index (χ0n) is 20.2. The van der Waals surface area contributed by atoms with Crippen molar-refractivity contribution in [1.82, 2.24) is 10.2 Å². The molecule has 0 spiro atoms. The number of nitrogens with one attached hydrogen (secondary N) is 1. The Bertz CT molecular complexity index is 1110. The molecule has 1 aliphatic heterocycles. The van der Waals surface area contributed by atoms with E-state index in [9.17, 15) is 19.5 Å². The molecule has 5 rings (SSSR count). The molecule has 2 aliphatic carbocycles. The zero-order chi connectivity index (χ0) is 24.7. The van der Waals surface area contributed by atoms with Crippen molar-refractivity contribution in [3.8, 4) is 11.1 Å². The Balaban J connectivity index is 1.27. The zero-order valence-corrected chi connectivity index (χ0v) is 20.2. The van der Waals surface area contributed by atoms with Crippen molar-refractivity contribution < 1.29 is 24.2 Å². The second-order valence-electron chi connectivity index (χ2n) is 10.5. The van der Waals surface area contributed by atoms with Gasteiger partial charge in [0.15, 0.2) is 0 Å². The van der Waals surface area contributed by atoms with Crippen LogP contribution in [0.5, 0.6) is 0 Å². The molecular formula is C28H32N2O5. The predicted octanol–water partition coefficient (Wildman–Crippen LogP) is 4.26. The van der Waals surface area contributed by atoms with Crippen LogP contribution in [0.3, 0.4) is 0 Å². The van der Waals surface area contributed by atoms with Crippen LogP contribution in [0.4, 0.5) is 4.79 Å². The second-order valence-corrected chi connectivity index (χ2v) is 10.5. The van der Waals surface area contributed by atoms with Crippen LogP contribution >= 0.6 is 0 Å². The first-order chi connectivity index (χ1) is 16.8. The van der Waals surface area contributed by atoms with Gasteiger partial charge in [0.25, 0.3) is 0 Å².